The number of aromatic nitrogens is 1. The molecule has 1 aliphatic heterocycles. The Morgan fingerprint density at radius 1 is 1.12 bits per heavy atom. The molecule has 2 amide bonds. The Balaban J connectivity index is 1.34. The number of rotatable bonds is 6. The number of nitrogens with zero attached hydrogens (tertiary/aromatic N) is 2. The van der Waals surface area contributed by atoms with Gasteiger partial charge in [-0.05, 0) is 61.3 Å². The summed E-state index contributed by atoms with van der Waals surface area (Å²) in [6.45, 7) is 1.56. The molecule has 1 saturated carbocycles. The van der Waals surface area contributed by atoms with Crippen LogP contribution in [0.15, 0.2) is 34.9 Å². The van der Waals surface area contributed by atoms with Gasteiger partial charge in [-0.25, -0.2) is 0 Å². The van der Waals surface area contributed by atoms with Gasteiger partial charge in [-0.1, -0.05) is 30.5 Å². The Labute approximate surface area is 187 Å². The quantitative estimate of drug-likeness (QED) is 0.586. The third-order valence-electron chi connectivity index (χ3n) is 6.93. The standard InChI is InChI=1S/C25H29N3O4/c1-28(17-5-3-2-4-6-17)13-14-31-18-8-9-19-16(15-18)7-11-21-23(19)24(27-32-21)20-10-12-22(29)26-25(20)30/h7-9,11,15,17,20H,2-6,10,12-14H2,1H3,(H,26,29,30). The molecular weight excluding hydrogens is 406 g/mol. The van der Waals surface area contributed by atoms with Crippen molar-refractivity contribution in [1.82, 2.24) is 15.4 Å². The zero-order valence-corrected chi connectivity index (χ0v) is 18.4. The number of piperidine rings is 1. The normalized spacial score (nSPS) is 20.2. The van der Waals surface area contributed by atoms with Crippen LogP contribution in [0.4, 0.5) is 0 Å². The predicted molar refractivity (Wildman–Crippen MR) is 122 cm³/mol. The molecule has 7 nitrogen and oxygen atoms in total. The van der Waals surface area contributed by atoms with Crippen molar-refractivity contribution in [2.45, 2.75) is 56.9 Å². The van der Waals surface area contributed by atoms with Crippen LogP contribution in [0.5, 0.6) is 5.75 Å². The number of hydrogen-bond acceptors (Lipinski definition) is 6. The number of imide groups is 1. The molecular formula is C25H29N3O4. The zero-order chi connectivity index (χ0) is 22.1. The van der Waals surface area contributed by atoms with E-state index in [9.17, 15) is 9.59 Å². The summed E-state index contributed by atoms with van der Waals surface area (Å²) in [6.07, 6.45) is 7.36. The topological polar surface area (TPSA) is 84.7 Å². The van der Waals surface area contributed by atoms with Crippen molar-refractivity contribution in [2.24, 2.45) is 0 Å². The maximum absolute atomic E-state index is 12.4. The van der Waals surface area contributed by atoms with Gasteiger partial charge < -0.3 is 14.2 Å². The highest BCUT2D eigenvalue weighted by molar-refractivity contribution is 6.10. The van der Waals surface area contributed by atoms with Crippen LogP contribution >= 0.6 is 0 Å². The van der Waals surface area contributed by atoms with Crippen LogP contribution in [0.2, 0.25) is 0 Å². The molecule has 1 atom stereocenters. The largest absolute Gasteiger partial charge is 0.492 e. The molecule has 168 valence electrons. The number of nitrogens with one attached hydrogen (secondary N) is 1. The molecule has 2 aliphatic rings. The van der Waals surface area contributed by atoms with E-state index in [-0.39, 0.29) is 11.8 Å². The smallest absolute Gasteiger partial charge is 0.235 e. The first-order valence-corrected chi connectivity index (χ1v) is 11.6. The number of hydrogen-bond donors (Lipinski definition) is 1. The van der Waals surface area contributed by atoms with E-state index in [0.29, 0.717) is 36.8 Å². The lowest BCUT2D eigenvalue weighted by Crippen LogP contribution is -2.39. The fourth-order valence-corrected chi connectivity index (χ4v) is 5.07. The van der Waals surface area contributed by atoms with E-state index in [4.69, 9.17) is 9.26 Å². The highest BCUT2D eigenvalue weighted by Gasteiger charge is 2.32. The molecule has 0 spiro atoms. The van der Waals surface area contributed by atoms with Crippen molar-refractivity contribution in [1.29, 1.82) is 0 Å². The first-order valence-electron chi connectivity index (χ1n) is 11.6. The molecule has 0 bridgehead atoms. The fourth-order valence-electron chi connectivity index (χ4n) is 5.07. The van der Waals surface area contributed by atoms with Gasteiger partial charge >= 0.3 is 0 Å². The van der Waals surface area contributed by atoms with Gasteiger partial charge in [-0.3, -0.25) is 14.9 Å². The van der Waals surface area contributed by atoms with Crippen molar-refractivity contribution < 1.29 is 18.8 Å². The summed E-state index contributed by atoms with van der Waals surface area (Å²) < 4.78 is 11.6. The minimum atomic E-state index is -0.481. The van der Waals surface area contributed by atoms with Gasteiger partial charge in [0.2, 0.25) is 11.8 Å². The maximum atomic E-state index is 12.4. The molecule has 2 aromatic carbocycles. The van der Waals surface area contributed by atoms with E-state index in [1.54, 1.807) is 0 Å². The number of benzene rings is 2. The SMILES string of the molecule is CN(CCOc1ccc2c(ccc3onc(C4CCC(=O)NC4=O)c32)c1)C1CCCCC1. The maximum Gasteiger partial charge on any atom is 0.235 e. The highest BCUT2D eigenvalue weighted by atomic mass is 16.5. The summed E-state index contributed by atoms with van der Waals surface area (Å²) in [6, 6.07) is 10.5. The molecule has 5 rings (SSSR count). The number of likely N-dealkylation sites (N-methyl/N-ethyl adjacent to an activating group) is 1. The van der Waals surface area contributed by atoms with Crippen LogP contribution < -0.4 is 10.1 Å². The molecule has 1 aromatic heterocycles. The van der Waals surface area contributed by atoms with Gasteiger partial charge in [0.15, 0.2) is 5.58 Å². The van der Waals surface area contributed by atoms with Crippen LogP contribution in [0.1, 0.15) is 56.6 Å². The Morgan fingerprint density at radius 3 is 2.78 bits per heavy atom. The lowest BCUT2D eigenvalue weighted by molar-refractivity contribution is -0.134. The molecule has 1 unspecified atom stereocenters. The van der Waals surface area contributed by atoms with Crippen molar-refractivity contribution in [3.05, 3.63) is 36.0 Å². The van der Waals surface area contributed by atoms with E-state index in [1.807, 2.05) is 30.3 Å². The zero-order valence-electron chi connectivity index (χ0n) is 18.4. The molecule has 1 saturated heterocycles. The lowest BCUT2D eigenvalue weighted by atomic mass is 9.91. The van der Waals surface area contributed by atoms with Gasteiger partial charge in [0.25, 0.3) is 0 Å². The van der Waals surface area contributed by atoms with Crippen molar-refractivity contribution in [2.75, 3.05) is 20.2 Å². The second-order valence-electron chi connectivity index (χ2n) is 9.01. The number of carbonyl (C=O) groups excluding carboxylic acids is 2. The first kappa shape index (κ1) is 20.9. The Kier molecular flexibility index (Phi) is 5.83. The second kappa shape index (κ2) is 8.90. The average molecular weight is 436 g/mol. The van der Waals surface area contributed by atoms with Gasteiger partial charge in [0.05, 0.1) is 11.3 Å². The molecule has 7 heteroatoms. The van der Waals surface area contributed by atoms with Crippen LogP contribution in [-0.2, 0) is 9.59 Å². The fraction of sp³-hybridized carbons (Fsp3) is 0.480. The Bertz CT molecular complexity index is 1150. The Hall–Kier alpha value is -2.93. The van der Waals surface area contributed by atoms with Crippen LogP contribution in [0, 0.1) is 0 Å². The molecule has 3 aromatic rings. The van der Waals surface area contributed by atoms with E-state index < -0.39 is 5.92 Å². The van der Waals surface area contributed by atoms with E-state index in [0.717, 1.165) is 28.5 Å². The summed E-state index contributed by atoms with van der Waals surface area (Å²) in [5.74, 6) is -0.200. The first-order chi connectivity index (χ1) is 15.6. The highest BCUT2D eigenvalue weighted by Crippen LogP contribution is 2.36. The van der Waals surface area contributed by atoms with Crippen molar-refractivity contribution in [3.63, 3.8) is 0 Å². The molecule has 0 radical (unpaired) electrons. The second-order valence-corrected chi connectivity index (χ2v) is 9.01. The minimum Gasteiger partial charge on any atom is -0.492 e. The monoisotopic (exact) mass is 435 g/mol. The van der Waals surface area contributed by atoms with Gasteiger partial charge in [-0.2, -0.15) is 0 Å². The third kappa shape index (κ3) is 4.09. The number of carbonyl (C=O) groups is 2. The van der Waals surface area contributed by atoms with E-state index >= 15 is 0 Å². The average Bonchev–Trinajstić information content (AvgIpc) is 3.24. The van der Waals surface area contributed by atoms with Crippen molar-refractivity contribution in [3.8, 4) is 5.75 Å². The predicted octanol–water partition coefficient (Wildman–Crippen LogP) is 4.14. The summed E-state index contributed by atoms with van der Waals surface area (Å²) in [4.78, 5) is 26.3. The van der Waals surface area contributed by atoms with Crippen molar-refractivity contribution >= 4 is 33.6 Å². The third-order valence-corrected chi connectivity index (χ3v) is 6.93. The van der Waals surface area contributed by atoms with Gasteiger partial charge in [-0.15, -0.1) is 0 Å². The summed E-state index contributed by atoms with van der Waals surface area (Å²) in [7, 11) is 2.19. The molecule has 32 heavy (non-hydrogen) atoms. The summed E-state index contributed by atoms with van der Waals surface area (Å²) >= 11 is 0. The number of ether oxygens (including phenoxy) is 1. The summed E-state index contributed by atoms with van der Waals surface area (Å²) in [5.41, 5.74) is 1.23. The number of fused-ring (bicyclic) bond motifs is 3. The molecule has 1 N–H and O–H groups in total. The van der Waals surface area contributed by atoms with Crippen LogP contribution in [0.25, 0.3) is 21.7 Å². The van der Waals surface area contributed by atoms with Crippen LogP contribution in [0.3, 0.4) is 0 Å². The van der Waals surface area contributed by atoms with E-state index in [2.05, 4.69) is 22.4 Å². The Morgan fingerprint density at radius 2 is 1.97 bits per heavy atom. The van der Waals surface area contributed by atoms with Gasteiger partial charge in [0.1, 0.15) is 18.1 Å². The lowest BCUT2D eigenvalue weighted by Gasteiger charge is -2.31. The van der Waals surface area contributed by atoms with Crippen LogP contribution in [-0.4, -0.2) is 48.1 Å². The summed E-state index contributed by atoms with van der Waals surface area (Å²) in [5, 5.41) is 9.42. The van der Waals surface area contributed by atoms with E-state index in [1.165, 1.54) is 32.1 Å². The minimum absolute atomic E-state index is 0.236. The van der Waals surface area contributed by atoms with Gasteiger partial charge in [0, 0.05) is 19.0 Å². The number of amides is 2. The molecule has 2 heterocycles. The molecule has 2 fully saturated rings. The molecule has 1 aliphatic carbocycles.